The Morgan fingerprint density at radius 2 is 0.831 bits per heavy atom. The summed E-state index contributed by atoms with van der Waals surface area (Å²) in [5, 5.41) is 0. The maximum atomic E-state index is 13.4. The lowest BCUT2D eigenvalue weighted by Crippen LogP contribution is -2.44. The molecule has 0 aromatic carbocycles. The summed E-state index contributed by atoms with van der Waals surface area (Å²) in [5.41, 5.74) is 0.0223. The van der Waals surface area contributed by atoms with Gasteiger partial charge in [0.2, 0.25) is 0 Å². The Kier molecular flexibility index (Phi) is 35.4. The number of ether oxygens (including phenoxy) is 3. The van der Waals surface area contributed by atoms with Gasteiger partial charge < -0.3 is 24.0 Å². The Morgan fingerprint density at radius 3 is 1.22 bits per heavy atom. The van der Waals surface area contributed by atoms with E-state index in [1.54, 1.807) is 0 Å². The number of esters is 2. The van der Waals surface area contributed by atoms with Gasteiger partial charge in [0, 0.05) is 19.6 Å². The third kappa shape index (κ3) is 27.7. The molecule has 1 aliphatic rings. The topological polar surface area (TPSA) is 85.4 Å². The molecule has 1 heterocycles. The fourth-order valence-electron chi connectivity index (χ4n) is 9.08. The minimum atomic E-state index is -0.202. The molecule has 1 saturated heterocycles. The Balaban J connectivity index is 2.82. The van der Waals surface area contributed by atoms with Crippen molar-refractivity contribution >= 4 is 18.0 Å². The number of likely N-dealkylation sites (tertiary alicyclic amines) is 1. The van der Waals surface area contributed by atoms with Crippen LogP contribution in [0.3, 0.4) is 0 Å². The van der Waals surface area contributed by atoms with Crippen molar-refractivity contribution in [3.05, 3.63) is 0 Å². The minimum Gasteiger partial charge on any atom is -0.465 e. The average molecular weight is 835 g/mol. The third-order valence-electron chi connectivity index (χ3n) is 13.3. The number of amides is 1. The van der Waals surface area contributed by atoms with Crippen LogP contribution in [0.15, 0.2) is 0 Å². The quantitative estimate of drug-likeness (QED) is 0.0345. The average Bonchev–Trinajstić information content (AvgIpc) is 3.25. The molecule has 8 nitrogen and oxygen atoms in total. The molecule has 0 N–H and O–H groups in total. The van der Waals surface area contributed by atoms with Crippen LogP contribution in [0.25, 0.3) is 0 Å². The largest absolute Gasteiger partial charge is 0.465 e. The van der Waals surface area contributed by atoms with Crippen molar-refractivity contribution in [2.24, 2.45) is 17.3 Å². The smallest absolute Gasteiger partial charge is 0.409 e. The van der Waals surface area contributed by atoms with Gasteiger partial charge in [-0.1, -0.05) is 170 Å². The summed E-state index contributed by atoms with van der Waals surface area (Å²) in [5.74, 6) is 0.0264. The highest BCUT2D eigenvalue weighted by molar-refractivity contribution is 5.72. The van der Waals surface area contributed by atoms with Crippen LogP contribution >= 0.6 is 0 Å². The summed E-state index contributed by atoms with van der Waals surface area (Å²) >= 11 is 0. The van der Waals surface area contributed by atoms with Crippen molar-refractivity contribution < 1.29 is 28.6 Å². The normalized spacial score (nSPS) is 15.0. The molecule has 0 bridgehead atoms. The van der Waals surface area contributed by atoms with E-state index in [0.29, 0.717) is 32.9 Å². The fourth-order valence-corrected chi connectivity index (χ4v) is 9.08. The highest BCUT2D eigenvalue weighted by Crippen LogP contribution is 2.41. The molecule has 0 aliphatic carbocycles. The van der Waals surface area contributed by atoms with Crippen LogP contribution in [0.1, 0.15) is 241 Å². The molecular formula is C51H98N2O6. The molecule has 2 unspecified atom stereocenters. The van der Waals surface area contributed by atoms with Crippen LogP contribution < -0.4 is 0 Å². The highest BCUT2D eigenvalue weighted by atomic mass is 16.6. The summed E-state index contributed by atoms with van der Waals surface area (Å²) in [6, 6.07) is 0. The molecule has 0 spiro atoms. The van der Waals surface area contributed by atoms with Gasteiger partial charge in [-0.15, -0.1) is 0 Å². The lowest BCUT2D eigenvalue weighted by molar-refractivity contribution is -0.150. The number of piperidine rings is 1. The van der Waals surface area contributed by atoms with E-state index < -0.39 is 0 Å². The highest BCUT2D eigenvalue weighted by Gasteiger charge is 2.36. The first kappa shape index (κ1) is 55.2. The van der Waals surface area contributed by atoms with E-state index in [-0.39, 0.29) is 35.3 Å². The van der Waals surface area contributed by atoms with Crippen LogP contribution in [-0.2, 0) is 23.8 Å². The molecule has 1 aliphatic heterocycles. The molecule has 0 aromatic rings. The lowest BCUT2D eigenvalue weighted by Gasteiger charge is -2.42. The zero-order valence-corrected chi connectivity index (χ0v) is 40.1. The number of hydrogen-bond donors (Lipinski definition) is 0. The lowest BCUT2D eigenvalue weighted by atomic mass is 9.72. The fraction of sp³-hybridized carbons (Fsp3) is 0.941. The predicted molar refractivity (Wildman–Crippen MR) is 248 cm³/mol. The Hall–Kier alpha value is -1.83. The van der Waals surface area contributed by atoms with Crippen LogP contribution in [0.5, 0.6) is 0 Å². The Morgan fingerprint density at radius 1 is 0.475 bits per heavy atom. The molecule has 1 amide bonds. The van der Waals surface area contributed by atoms with Crippen LogP contribution in [0.2, 0.25) is 0 Å². The second kappa shape index (κ2) is 37.9. The maximum absolute atomic E-state index is 13.4. The molecule has 0 aromatic heterocycles. The summed E-state index contributed by atoms with van der Waals surface area (Å²) in [6.07, 6.45) is 34.0. The molecular weight excluding hydrogens is 737 g/mol. The van der Waals surface area contributed by atoms with E-state index >= 15 is 0 Å². The predicted octanol–water partition coefficient (Wildman–Crippen LogP) is 14.3. The van der Waals surface area contributed by atoms with E-state index in [9.17, 15) is 14.4 Å². The van der Waals surface area contributed by atoms with Gasteiger partial charge in [-0.2, -0.15) is 0 Å². The zero-order chi connectivity index (χ0) is 43.2. The molecule has 0 radical (unpaired) electrons. The SMILES string of the molecule is CCCCCCCCC(CCCCCC)C(=O)OCCCC1(CCCOC(=O)C(CCCCCC)CCCCCCCC)CCN(C(=O)OCCCN(CC)CC)CC1. The third-order valence-corrected chi connectivity index (χ3v) is 13.3. The van der Waals surface area contributed by atoms with Crippen molar-refractivity contribution in [1.82, 2.24) is 9.80 Å². The number of carbonyl (C=O) groups is 3. The number of carbonyl (C=O) groups excluding carboxylic acids is 3. The Bertz CT molecular complexity index is 941. The van der Waals surface area contributed by atoms with E-state index in [2.05, 4.69) is 46.4 Å². The maximum Gasteiger partial charge on any atom is 0.409 e. The molecule has 1 rings (SSSR count). The second-order valence-corrected chi connectivity index (χ2v) is 18.2. The second-order valence-electron chi connectivity index (χ2n) is 18.2. The molecule has 348 valence electrons. The first-order chi connectivity index (χ1) is 28.8. The number of rotatable bonds is 40. The summed E-state index contributed by atoms with van der Waals surface area (Å²) in [6.45, 7) is 18.9. The minimum absolute atomic E-state index is 0.000198. The van der Waals surface area contributed by atoms with Crippen LogP contribution in [0, 0.1) is 17.3 Å². The molecule has 2 atom stereocenters. The van der Waals surface area contributed by atoms with Gasteiger partial charge in [0.25, 0.3) is 0 Å². The standard InChI is InChI=1S/C51H98N2O6/c1-7-13-17-21-23-27-34-46(32-25-19-15-9-3)48(54)57-43-29-36-51(38-41-53(42-39-51)50(56)59-45-31-40-52(11-5)12-6)37-30-44-58-49(55)47(33-26-20-16-10-4)35-28-24-22-18-14-8-2/h46-47H,7-45H2,1-6H3. The zero-order valence-electron chi connectivity index (χ0n) is 40.1. The van der Waals surface area contributed by atoms with Gasteiger partial charge in [0.15, 0.2) is 0 Å². The van der Waals surface area contributed by atoms with Gasteiger partial charge in [0.1, 0.15) is 0 Å². The van der Waals surface area contributed by atoms with Crippen LogP contribution in [0.4, 0.5) is 4.79 Å². The Labute approximate surface area is 365 Å². The van der Waals surface area contributed by atoms with Crippen LogP contribution in [-0.4, -0.2) is 80.4 Å². The van der Waals surface area contributed by atoms with Gasteiger partial charge in [-0.3, -0.25) is 9.59 Å². The van der Waals surface area contributed by atoms with Gasteiger partial charge in [-0.05, 0) is 89.1 Å². The molecule has 59 heavy (non-hydrogen) atoms. The monoisotopic (exact) mass is 835 g/mol. The summed E-state index contributed by atoms with van der Waals surface area (Å²) in [7, 11) is 0. The number of nitrogens with zero attached hydrogens (tertiary/aromatic N) is 2. The van der Waals surface area contributed by atoms with Gasteiger partial charge >= 0.3 is 18.0 Å². The van der Waals surface area contributed by atoms with Gasteiger partial charge in [-0.25, -0.2) is 4.79 Å². The van der Waals surface area contributed by atoms with Crippen molar-refractivity contribution in [1.29, 1.82) is 0 Å². The number of unbranched alkanes of at least 4 members (excludes halogenated alkanes) is 16. The summed E-state index contributed by atoms with van der Waals surface area (Å²) in [4.78, 5) is 44.1. The molecule has 8 heteroatoms. The van der Waals surface area contributed by atoms with Crippen molar-refractivity contribution in [3.63, 3.8) is 0 Å². The van der Waals surface area contributed by atoms with E-state index in [0.717, 1.165) is 116 Å². The first-order valence-electron chi connectivity index (χ1n) is 25.8. The molecule has 0 saturated carbocycles. The first-order valence-corrected chi connectivity index (χ1v) is 25.8. The van der Waals surface area contributed by atoms with Crippen molar-refractivity contribution in [2.45, 2.75) is 241 Å². The number of hydrogen-bond acceptors (Lipinski definition) is 7. The van der Waals surface area contributed by atoms with Crippen molar-refractivity contribution in [2.75, 3.05) is 52.5 Å². The van der Waals surface area contributed by atoms with Crippen molar-refractivity contribution in [3.8, 4) is 0 Å². The van der Waals surface area contributed by atoms with E-state index in [1.165, 1.54) is 103 Å². The van der Waals surface area contributed by atoms with E-state index in [4.69, 9.17) is 14.2 Å². The molecule has 1 fully saturated rings. The van der Waals surface area contributed by atoms with Gasteiger partial charge in [0.05, 0.1) is 31.7 Å². The summed E-state index contributed by atoms with van der Waals surface area (Å²) < 4.78 is 17.8. The van der Waals surface area contributed by atoms with E-state index in [1.807, 2.05) is 4.90 Å².